The Bertz CT molecular complexity index is 948. The first-order valence-corrected chi connectivity index (χ1v) is 11.2. The van der Waals surface area contributed by atoms with E-state index in [-0.39, 0.29) is 0 Å². The van der Waals surface area contributed by atoms with Gasteiger partial charge in [-0.15, -0.1) is 0 Å². The van der Waals surface area contributed by atoms with E-state index in [2.05, 4.69) is 103 Å². The maximum absolute atomic E-state index is 5.28. The second-order valence-corrected chi connectivity index (χ2v) is 8.79. The molecule has 3 heterocycles. The third-order valence-corrected chi connectivity index (χ3v) is 7.06. The van der Waals surface area contributed by atoms with Crippen molar-refractivity contribution in [3.05, 3.63) is 107 Å². The van der Waals surface area contributed by atoms with Crippen LogP contribution in [0.15, 0.2) is 89.9 Å². The van der Waals surface area contributed by atoms with E-state index in [0.29, 0.717) is 23.9 Å². The van der Waals surface area contributed by atoms with Gasteiger partial charge in [0.05, 0.1) is 6.04 Å². The van der Waals surface area contributed by atoms with Crippen LogP contribution in [0.25, 0.3) is 0 Å². The van der Waals surface area contributed by atoms with Crippen LogP contribution in [0.2, 0.25) is 0 Å². The zero-order valence-electron chi connectivity index (χ0n) is 17.7. The van der Waals surface area contributed by atoms with Crippen LogP contribution < -0.4 is 0 Å². The molecule has 2 atom stereocenters. The molecule has 0 saturated carbocycles. The average molecular weight is 395 g/mol. The van der Waals surface area contributed by atoms with Gasteiger partial charge in [-0.1, -0.05) is 84.9 Å². The minimum absolute atomic E-state index is 0.331. The zero-order chi connectivity index (χ0) is 20.3. The number of fused-ring (bicyclic) bond motifs is 3. The van der Waals surface area contributed by atoms with Gasteiger partial charge in [0.15, 0.2) is 0 Å². The SMILES string of the molecule is Cc1ccccc1C=N[C@@H]1C2CCN(CC2)[C@H]1C(c1ccccc1)c1ccccc1. The molecule has 0 N–H and O–H groups in total. The Morgan fingerprint density at radius 2 is 1.37 bits per heavy atom. The molecule has 2 bridgehead atoms. The first-order chi connectivity index (χ1) is 14.8. The zero-order valence-corrected chi connectivity index (χ0v) is 17.7. The molecule has 3 aromatic carbocycles. The molecule has 30 heavy (non-hydrogen) atoms. The first kappa shape index (κ1) is 19.3. The summed E-state index contributed by atoms with van der Waals surface area (Å²) in [5, 5.41) is 0. The minimum atomic E-state index is 0.331. The molecule has 3 aliphatic heterocycles. The van der Waals surface area contributed by atoms with Gasteiger partial charge in [0.2, 0.25) is 0 Å². The molecular formula is C28H30N2. The van der Waals surface area contributed by atoms with Gasteiger partial charge in [-0.25, -0.2) is 0 Å². The fourth-order valence-electron chi connectivity index (χ4n) is 5.48. The Labute approximate surface area is 180 Å². The molecule has 3 fully saturated rings. The number of hydrogen-bond acceptors (Lipinski definition) is 2. The van der Waals surface area contributed by atoms with Gasteiger partial charge < -0.3 is 0 Å². The normalized spacial score (nSPS) is 25.8. The monoisotopic (exact) mass is 394 g/mol. The smallest absolute Gasteiger partial charge is 0.0693 e. The number of benzene rings is 3. The molecule has 3 saturated heterocycles. The van der Waals surface area contributed by atoms with E-state index in [0.717, 1.165) is 0 Å². The van der Waals surface area contributed by atoms with E-state index in [1.807, 2.05) is 0 Å². The summed E-state index contributed by atoms with van der Waals surface area (Å²) in [7, 11) is 0. The summed E-state index contributed by atoms with van der Waals surface area (Å²) < 4.78 is 0. The Morgan fingerprint density at radius 1 is 0.800 bits per heavy atom. The van der Waals surface area contributed by atoms with Crippen LogP contribution in [0, 0.1) is 12.8 Å². The average Bonchev–Trinajstić information content (AvgIpc) is 2.81. The highest BCUT2D eigenvalue weighted by Gasteiger charge is 2.46. The molecule has 0 aliphatic carbocycles. The predicted molar refractivity (Wildman–Crippen MR) is 125 cm³/mol. The Morgan fingerprint density at radius 3 is 1.97 bits per heavy atom. The van der Waals surface area contributed by atoms with Gasteiger partial charge in [0.25, 0.3) is 0 Å². The van der Waals surface area contributed by atoms with E-state index < -0.39 is 0 Å². The molecule has 0 unspecified atom stereocenters. The van der Waals surface area contributed by atoms with E-state index in [4.69, 9.17) is 4.99 Å². The number of piperidine rings is 3. The number of hydrogen-bond donors (Lipinski definition) is 0. The summed E-state index contributed by atoms with van der Waals surface area (Å²) in [5.41, 5.74) is 5.33. The van der Waals surface area contributed by atoms with Crippen molar-refractivity contribution in [3.8, 4) is 0 Å². The highest BCUT2D eigenvalue weighted by molar-refractivity contribution is 5.81. The van der Waals surface area contributed by atoms with Gasteiger partial charge in [-0.3, -0.25) is 9.89 Å². The molecule has 2 heteroatoms. The Kier molecular flexibility index (Phi) is 5.50. The van der Waals surface area contributed by atoms with Crippen molar-refractivity contribution in [3.63, 3.8) is 0 Å². The summed E-state index contributed by atoms with van der Waals surface area (Å²) in [5.74, 6) is 1.02. The van der Waals surface area contributed by atoms with Crippen molar-refractivity contribution in [1.29, 1.82) is 0 Å². The summed E-state index contributed by atoms with van der Waals surface area (Å²) in [6.45, 7) is 4.57. The van der Waals surface area contributed by atoms with Crippen molar-refractivity contribution < 1.29 is 0 Å². The van der Waals surface area contributed by atoms with Gasteiger partial charge in [-0.2, -0.15) is 0 Å². The highest BCUT2D eigenvalue weighted by Crippen LogP contribution is 2.43. The fraction of sp³-hybridized carbons (Fsp3) is 0.321. The third kappa shape index (κ3) is 3.73. The van der Waals surface area contributed by atoms with Crippen molar-refractivity contribution in [2.24, 2.45) is 10.9 Å². The van der Waals surface area contributed by atoms with Crippen LogP contribution in [0.3, 0.4) is 0 Å². The van der Waals surface area contributed by atoms with Gasteiger partial charge in [0.1, 0.15) is 0 Å². The quantitative estimate of drug-likeness (QED) is 0.506. The van der Waals surface area contributed by atoms with Crippen molar-refractivity contribution >= 4 is 6.21 Å². The lowest BCUT2D eigenvalue weighted by atomic mass is 9.71. The Balaban J connectivity index is 1.56. The number of aryl methyl sites for hydroxylation is 1. The van der Waals surface area contributed by atoms with Crippen LogP contribution in [0.5, 0.6) is 0 Å². The molecule has 3 aliphatic rings. The fourth-order valence-corrected chi connectivity index (χ4v) is 5.48. The van der Waals surface area contributed by atoms with Gasteiger partial charge >= 0.3 is 0 Å². The minimum Gasteiger partial charge on any atom is -0.297 e. The van der Waals surface area contributed by atoms with Crippen LogP contribution in [-0.4, -0.2) is 36.3 Å². The lowest BCUT2D eigenvalue weighted by Crippen LogP contribution is -2.59. The maximum atomic E-state index is 5.28. The van der Waals surface area contributed by atoms with Crippen LogP contribution in [0.4, 0.5) is 0 Å². The standard InChI is InChI=1S/C28H30N2/c1-21-10-8-9-15-25(21)20-29-27-24-16-18-30(19-17-24)28(27)26(22-11-4-2-5-12-22)23-13-6-3-7-14-23/h2-15,20,24,26-28H,16-19H2,1H3/t27-,28+/m1/s1. The van der Waals surface area contributed by atoms with Crippen molar-refractivity contribution in [2.75, 3.05) is 13.1 Å². The molecule has 0 radical (unpaired) electrons. The van der Waals surface area contributed by atoms with Crippen LogP contribution >= 0.6 is 0 Å². The van der Waals surface area contributed by atoms with E-state index in [9.17, 15) is 0 Å². The van der Waals surface area contributed by atoms with Crippen LogP contribution in [0.1, 0.15) is 41.0 Å². The van der Waals surface area contributed by atoms with Crippen LogP contribution in [-0.2, 0) is 0 Å². The number of rotatable bonds is 5. The molecule has 6 rings (SSSR count). The summed E-state index contributed by atoms with van der Waals surface area (Å²) in [6.07, 6.45) is 4.67. The maximum Gasteiger partial charge on any atom is 0.0693 e. The number of aliphatic imine (C=N–C) groups is 1. The lowest BCUT2D eigenvalue weighted by molar-refractivity contribution is 0.0215. The number of nitrogens with zero attached hydrogens (tertiary/aromatic N) is 2. The van der Waals surface area contributed by atoms with E-state index in [1.165, 1.54) is 48.2 Å². The largest absolute Gasteiger partial charge is 0.297 e. The topological polar surface area (TPSA) is 15.6 Å². The lowest BCUT2D eigenvalue weighted by Gasteiger charge is -2.52. The molecule has 0 spiro atoms. The summed E-state index contributed by atoms with van der Waals surface area (Å²) >= 11 is 0. The van der Waals surface area contributed by atoms with Crippen molar-refractivity contribution in [1.82, 2.24) is 4.90 Å². The molecule has 152 valence electrons. The highest BCUT2D eigenvalue weighted by atomic mass is 15.2. The second kappa shape index (κ2) is 8.57. The summed E-state index contributed by atoms with van der Waals surface area (Å²) in [6, 6.07) is 31.4. The van der Waals surface area contributed by atoms with Crippen molar-refractivity contribution in [2.45, 2.75) is 37.8 Å². The second-order valence-electron chi connectivity index (χ2n) is 8.79. The first-order valence-electron chi connectivity index (χ1n) is 11.2. The van der Waals surface area contributed by atoms with Gasteiger partial charge in [-0.05, 0) is 61.0 Å². The van der Waals surface area contributed by atoms with E-state index in [1.54, 1.807) is 0 Å². The third-order valence-electron chi connectivity index (χ3n) is 7.06. The predicted octanol–water partition coefficient (Wildman–Crippen LogP) is 5.71. The molecule has 0 aromatic heterocycles. The molecular weight excluding hydrogens is 364 g/mol. The van der Waals surface area contributed by atoms with E-state index >= 15 is 0 Å². The Hall–Kier alpha value is -2.71. The molecule has 3 aromatic rings. The molecule has 0 amide bonds. The van der Waals surface area contributed by atoms with Gasteiger partial charge in [0, 0.05) is 18.2 Å². The summed E-state index contributed by atoms with van der Waals surface area (Å²) in [4.78, 5) is 8.00. The molecule has 2 nitrogen and oxygen atoms in total.